The zero-order chi connectivity index (χ0) is 17.4. The summed E-state index contributed by atoms with van der Waals surface area (Å²) in [5, 5.41) is 12.7. The molecular weight excluding hydrogens is 346 g/mol. The highest BCUT2D eigenvalue weighted by atomic mass is 35.5. The van der Waals surface area contributed by atoms with Crippen molar-refractivity contribution in [3.63, 3.8) is 0 Å². The molecule has 1 atom stereocenters. The van der Waals surface area contributed by atoms with Crippen LogP contribution in [0.3, 0.4) is 0 Å². The van der Waals surface area contributed by atoms with E-state index in [1.54, 1.807) is 12.4 Å². The molecule has 4 rings (SSSR count). The van der Waals surface area contributed by atoms with Crippen LogP contribution >= 0.6 is 11.6 Å². The van der Waals surface area contributed by atoms with Crippen molar-refractivity contribution in [2.75, 3.05) is 20.1 Å². The van der Waals surface area contributed by atoms with Gasteiger partial charge in [0.25, 0.3) is 0 Å². The van der Waals surface area contributed by atoms with Crippen molar-refractivity contribution in [3.8, 4) is 0 Å². The summed E-state index contributed by atoms with van der Waals surface area (Å²) in [6.07, 6.45) is 4.89. The molecule has 0 fully saturated rings. The number of halogens is 1. The van der Waals surface area contributed by atoms with Crippen LogP contribution in [0.5, 0.6) is 0 Å². The van der Waals surface area contributed by atoms with Crippen LogP contribution in [0.15, 0.2) is 42.7 Å². The molecule has 1 N–H and O–H groups in total. The number of hydrogen-bond donors (Lipinski definition) is 1. The van der Waals surface area contributed by atoms with Crippen molar-refractivity contribution in [2.45, 2.75) is 32.9 Å². The first kappa shape index (κ1) is 18.9. The van der Waals surface area contributed by atoms with Gasteiger partial charge in [0, 0.05) is 53.5 Å². The molecule has 1 aromatic carbocycles. The summed E-state index contributed by atoms with van der Waals surface area (Å²) in [5.74, 6) is 0. The number of benzene rings is 1. The Labute approximate surface area is 160 Å². The second kappa shape index (κ2) is 7.78. The number of aromatic nitrogens is 2. The number of hydrogen-bond acceptors (Lipinski definition) is 3. The topological polar surface area (TPSA) is 41.3 Å². The summed E-state index contributed by atoms with van der Waals surface area (Å²) in [6, 6.07) is 9.83. The van der Waals surface area contributed by atoms with Crippen LogP contribution in [0.25, 0.3) is 10.9 Å². The molecule has 0 saturated heterocycles. The molecule has 4 nitrogen and oxygen atoms in total. The summed E-state index contributed by atoms with van der Waals surface area (Å²) >= 11 is 6.27. The van der Waals surface area contributed by atoms with Gasteiger partial charge in [0.2, 0.25) is 0 Å². The third kappa shape index (κ3) is 3.50. The Bertz CT molecular complexity index is 891. The van der Waals surface area contributed by atoms with Gasteiger partial charge in [-0.25, -0.2) is 0 Å². The molecular formula is C21H26ClN3O. The van der Waals surface area contributed by atoms with E-state index in [4.69, 9.17) is 11.6 Å². The van der Waals surface area contributed by atoms with Crippen LogP contribution < -0.4 is 0 Å². The van der Waals surface area contributed by atoms with Gasteiger partial charge in [0.1, 0.15) is 0 Å². The average molecular weight is 372 g/mol. The zero-order valence-corrected chi connectivity index (χ0v) is 15.1. The molecule has 0 bridgehead atoms. The van der Waals surface area contributed by atoms with Crippen LogP contribution in [0.2, 0.25) is 5.02 Å². The van der Waals surface area contributed by atoms with Gasteiger partial charge in [-0.2, -0.15) is 0 Å². The molecule has 0 saturated carbocycles. The quantitative estimate of drug-likeness (QED) is 0.753. The van der Waals surface area contributed by atoms with Crippen LogP contribution in [0.4, 0.5) is 0 Å². The van der Waals surface area contributed by atoms with Gasteiger partial charge in [-0.05, 0) is 54.9 Å². The van der Waals surface area contributed by atoms with E-state index in [-0.39, 0.29) is 7.43 Å². The Balaban J connectivity index is 0.00000196. The van der Waals surface area contributed by atoms with E-state index in [2.05, 4.69) is 33.6 Å². The molecule has 3 heterocycles. The first-order valence-corrected chi connectivity index (χ1v) is 9.07. The molecule has 1 aliphatic rings. The van der Waals surface area contributed by atoms with E-state index < -0.39 is 6.10 Å². The highest BCUT2D eigenvalue weighted by Crippen LogP contribution is 2.32. The number of likely N-dealkylation sites (N-methyl/N-ethyl adjacent to an activating group) is 1. The van der Waals surface area contributed by atoms with Crippen molar-refractivity contribution < 1.29 is 5.11 Å². The standard InChI is InChI=1S/C20H22ClN3O.CH4/c1-23-10-6-16-17-12-15(21)2-3-18(17)24(19(16)7-11-23)13-20(25)14-4-8-22-9-5-14;/h2-5,8-9,12,20,25H,6-7,10-11,13H2,1H3;1H4. The summed E-state index contributed by atoms with van der Waals surface area (Å²) in [6.45, 7) is 2.62. The minimum atomic E-state index is -0.556. The minimum absolute atomic E-state index is 0. The lowest BCUT2D eigenvalue weighted by atomic mass is 10.1. The van der Waals surface area contributed by atoms with E-state index in [1.165, 1.54) is 16.6 Å². The summed E-state index contributed by atoms with van der Waals surface area (Å²) in [5.41, 5.74) is 4.76. The number of aliphatic hydroxyl groups excluding tert-OH is 1. The maximum Gasteiger partial charge on any atom is 0.0970 e. The Morgan fingerprint density at radius 3 is 2.65 bits per heavy atom. The van der Waals surface area contributed by atoms with Gasteiger partial charge in [-0.3, -0.25) is 4.98 Å². The van der Waals surface area contributed by atoms with Crippen LogP contribution in [-0.4, -0.2) is 39.7 Å². The predicted octanol–water partition coefficient (Wildman–Crippen LogP) is 4.09. The van der Waals surface area contributed by atoms with Crippen molar-refractivity contribution in [3.05, 3.63) is 64.6 Å². The van der Waals surface area contributed by atoms with Crippen molar-refractivity contribution >= 4 is 22.5 Å². The SMILES string of the molecule is C.CN1CCc2c(n(CC(O)c3ccncc3)c3ccc(Cl)cc23)CC1. The van der Waals surface area contributed by atoms with Crippen molar-refractivity contribution in [1.82, 2.24) is 14.5 Å². The molecule has 0 spiro atoms. The molecule has 1 unspecified atom stereocenters. The highest BCUT2D eigenvalue weighted by molar-refractivity contribution is 6.31. The van der Waals surface area contributed by atoms with Crippen molar-refractivity contribution in [1.29, 1.82) is 0 Å². The lowest BCUT2D eigenvalue weighted by Gasteiger charge is -2.17. The molecule has 1 aliphatic heterocycles. The smallest absolute Gasteiger partial charge is 0.0970 e. The third-order valence-corrected chi connectivity index (χ3v) is 5.40. The van der Waals surface area contributed by atoms with E-state index in [0.29, 0.717) is 6.54 Å². The number of aliphatic hydroxyl groups is 1. The molecule has 0 aliphatic carbocycles. The zero-order valence-electron chi connectivity index (χ0n) is 14.3. The van der Waals surface area contributed by atoms with Gasteiger partial charge in [0.05, 0.1) is 12.6 Å². The molecule has 2 aromatic heterocycles. The van der Waals surface area contributed by atoms with E-state index in [0.717, 1.165) is 42.0 Å². The van der Waals surface area contributed by atoms with Gasteiger partial charge in [0.15, 0.2) is 0 Å². The molecule has 3 aromatic rings. The van der Waals surface area contributed by atoms with E-state index in [9.17, 15) is 5.11 Å². The number of nitrogens with zero attached hydrogens (tertiary/aromatic N) is 3. The predicted molar refractivity (Wildman–Crippen MR) is 108 cm³/mol. The fourth-order valence-corrected chi connectivity index (χ4v) is 3.97. The third-order valence-electron chi connectivity index (χ3n) is 5.17. The maximum atomic E-state index is 10.7. The van der Waals surface area contributed by atoms with Gasteiger partial charge < -0.3 is 14.6 Å². The lowest BCUT2D eigenvalue weighted by Crippen LogP contribution is -2.21. The van der Waals surface area contributed by atoms with Crippen LogP contribution in [-0.2, 0) is 19.4 Å². The van der Waals surface area contributed by atoms with Gasteiger partial charge in [-0.1, -0.05) is 19.0 Å². The first-order chi connectivity index (χ1) is 12.1. The van der Waals surface area contributed by atoms with Crippen LogP contribution in [0, 0.1) is 0 Å². The van der Waals surface area contributed by atoms with E-state index >= 15 is 0 Å². The molecule has 26 heavy (non-hydrogen) atoms. The second-order valence-electron chi connectivity index (χ2n) is 6.80. The fraction of sp³-hybridized carbons (Fsp3) is 0.381. The monoisotopic (exact) mass is 371 g/mol. The average Bonchev–Trinajstić information content (AvgIpc) is 2.76. The molecule has 138 valence electrons. The minimum Gasteiger partial charge on any atom is -0.387 e. The summed E-state index contributed by atoms with van der Waals surface area (Å²) in [4.78, 5) is 6.40. The molecule has 5 heteroatoms. The number of rotatable bonds is 3. The Morgan fingerprint density at radius 1 is 1.15 bits per heavy atom. The van der Waals surface area contributed by atoms with Crippen molar-refractivity contribution in [2.24, 2.45) is 0 Å². The lowest BCUT2D eigenvalue weighted by molar-refractivity contribution is 0.157. The number of fused-ring (bicyclic) bond motifs is 3. The largest absolute Gasteiger partial charge is 0.387 e. The summed E-state index contributed by atoms with van der Waals surface area (Å²) in [7, 11) is 2.16. The molecule has 0 radical (unpaired) electrons. The van der Waals surface area contributed by atoms with E-state index in [1.807, 2.05) is 18.2 Å². The second-order valence-corrected chi connectivity index (χ2v) is 7.23. The molecule has 0 amide bonds. The van der Waals surface area contributed by atoms with Gasteiger partial charge >= 0.3 is 0 Å². The maximum absolute atomic E-state index is 10.7. The number of pyridine rings is 1. The Hall–Kier alpha value is -1.88. The normalized spacial score (nSPS) is 16.0. The summed E-state index contributed by atoms with van der Waals surface area (Å²) < 4.78 is 2.28. The van der Waals surface area contributed by atoms with Gasteiger partial charge in [-0.15, -0.1) is 0 Å². The first-order valence-electron chi connectivity index (χ1n) is 8.69. The Kier molecular flexibility index (Phi) is 5.66. The Morgan fingerprint density at radius 2 is 1.88 bits per heavy atom. The highest BCUT2D eigenvalue weighted by Gasteiger charge is 2.22. The fourth-order valence-electron chi connectivity index (χ4n) is 3.80. The van der Waals surface area contributed by atoms with Crippen LogP contribution in [0.1, 0.15) is 30.4 Å².